The summed E-state index contributed by atoms with van der Waals surface area (Å²) >= 11 is 0. The molecule has 2 aromatic carbocycles. The maximum atomic E-state index is 13.3. The predicted octanol–water partition coefficient (Wildman–Crippen LogP) is 4.31. The fourth-order valence-electron chi connectivity index (χ4n) is 3.25. The summed E-state index contributed by atoms with van der Waals surface area (Å²) in [6.45, 7) is 3.70. The van der Waals surface area contributed by atoms with Crippen molar-refractivity contribution in [3.05, 3.63) is 89.9 Å². The first-order valence-corrected chi connectivity index (χ1v) is 9.93. The van der Waals surface area contributed by atoms with E-state index in [-0.39, 0.29) is 11.9 Å². The zero-order valence-corrected chi connectivity index (χ0v) is 17.5. The molecular formula is C23H21FN6O2. The highest BCUT2D eigenvalue weighted by Gasteiger charge is 2.16. The first-order chi connectivity index (χ1) is 15.4. The monoisotopic (exact) mass is 432 g/mol. The first kappa shape index (κ1) is 21.0. The van der Waals surface area contributed by atoms with Crippen molar-refractivity contribution in [3.8, 4) is 0 Å². The van der Waals surface area contributed by atoms with E-state index in [1.807, 2.05) is 32.0 Å². The molecule has 4 aromatic rings. The minimum atomic E-state index is -0.464. The van der Waals surface area contributed by atoms with Crippen LogP contribution in [0.1, 0.15) is 34.6 Å². The summed E-state index contributed by atoms with van der Waals surface area (Å²) in [5.41, 5.74) is 3.60. The number of hydrogen-bond acceptors (Lipinski definition) is 4. The quantitative estimate of drug-likeness (QED) is 0.437. The van der Waals surface area contributed by atoms with Crippen molar-refractivity contribution in [3.63, 3.8) is 0 Å². The van der Waals surface area contributed by atoms with Crippen LogP contribution in [0.4, 0.5) is 20.6 Å². The van der Waals surface area contributed by atoms with E-state index in [4.69, 9.17) is 0 Å². The van der Waals surface area contributed by atoms with Crippen LogP contribution >= 0.6 is 0 Å². The Morgan fingerprint density at radius 3 is 2.75 bits per heavy atom. The van der Waals surface area contributed by atoms with Gasteiger partial charge in [0.2, 0.25) is 0 Å². The van der Waals surface area contributed by atoms with E-state index in [1.54, 1.807) is 29.1 Å². The van der Waals surface area contributed by atoms with Gasteiger partial charge in [-0.1, -0.05) is 18.2 Å². The molecule has 2 heterocycles. The second kappa shape index (κ2) is 8.84. The van der Waals surface area contributed by atoms with Crippen molar-refractivity contribution in [2.45, 2.75) is 19.9 Å². The normalized spacial score (nSPS) is 11.7. The fourth-order valence-corrected chi connectivity index (χ4v) is 3.25. The van der Waals surface area contributed by atoms with Crippen molar-refractivity contribution < 1.29 is 14.0 Å². The molecular weight excluding hydrogens is 411 g/mol. The van der Waals surface area contributed by atoms with E-state index >= 15 is 0 Å². The van der Waals surface area contributed by atoms with Gasteiger partial charge >= 0.3 is 6.03 Å². The predicted molar refractivity (Wildman–Crippen MR) is 119 cm³/mol. The third-order valence-electron chi connectivity index (χ3n) is 4.99. The van der Waals surface area contributed by atoms with Gasteiger partial charge in [-0.15, -0.1) is 0 Å². The molecule has 0 bridgehead atoms. The highest BCUT2D eigenvalue weighted by atomic mass is 19.1. The number of benzene rings is 2. The molecule has 4 rings (SSSR count). The Morgan fingerprint density at radius 1 is 1.09 bits per heavy atom. The summed E-state index contributed by atoms with van der Waals surface area (Å²) in [7, 11) is 0. The average molecular weight is 432 g/mol. The minimum absolute atomic E-state index is 0.312. The summed E-state index contributed by atoms with van der Waals surface area (Å²) in [4.78, 5) is 33.3. The Kier molecular flexibility index (Phi) is 5.80. The molecule has 3 amide bonds. The molecule has 8 nitrogen and oxygen atoms in total. The molecule has 0 aliphatic rings. The largest absolute Gasteiger partial charge is 0.331 e. The molecule has 1 atom stereocenters. The first-order valence-electron chi connectivity index (χ1n) is 9.93. The van der Waals surface area contributed by atoms with E-state index in [0.717, 1.165) is 11.1 Å². The number of anilines is 2. The van der Waals surface area contributed by atoms with E-state index in [0.29, 0.717) is 22.7 Å². The van der Waals surface area contributed by atoms with Crippen LogP contribution in [0.15, 0.2) is 67.3 Å². The molecule has 0 spiro atoms. The topological polar surface area (TPSA) is 100 Å². The summed E-state index contributed by atoms with van der Waals surface area (Å²) in [6.07, 6.45) is 6.32. The van der Waals surface area contributed by atoms with Crippen LogP contribution < -0.4 is 16.0 Å². The Labute approximate surface area is 183 Å². The van der Waals surface area contributed by atoms with Gasteiger partial charge in [-0.3, -0.25) is 14.2 Å². The molecule has 0 unspecified atom stereocenters. The van der Waals surface area contributed by atoms with Crippen LogP contribution in [0.25, 0.3) is 5.65 Å². The Bertz CT molecular complexity index is 1300. The lowest BCUT2D eigenvalue weighted by atomic mass is 10.0. The van der Waals surface area contributed by atoms with Gasteiger partial charge in [0, 0.05) is 23.8 Å². The van der Waals surface area contributed by atoms with Crippen LogP contribution in [0, 0.1) is 12.7 Å². The molecule has 162 valence electrons. The molecule has 0 saturated carbocycles. The van der Waals surface area contributed by atoms with Crippen molar-refractivity contribution in [1.29, 1.82) is 0 Å². The van der Waals surface area contributed by atoms with Crippen molar-refractivity contribution in [2.24, 2.45) is 0 Å². The van der Waals surface area contributed by atoms with Gasteiger partial charge in [0.1, 0.15) is 11.5 Å². The third-order valence-corrected chi connectivity index (χ3v) is 4.99. The highest BCUT2D eigenvalue weighted by molar-refractivity contribution is 6.04. The molecule has 3 N–H and O–H groups in total. The number of fused-ring (bicyclic) bond motifs is 1. The fraction of sp³-hybridized carbons (Fsp3) is 0.130. The van der Waals surface area contributed by atoms with Gasteiger partial charge in [0.25, 0.3) is 5.91 Å². The number of carbonyl (C=O) groups is 2. The summed E-state index contributed by atoms with van der Waals surface area (Å²) < 4.78 is 15.0. The van der Waals surface area contributed by atoms with Gasteiger partial charge in [-0.25, -0.2) is 14.2 Å². The van der Waals surface area contributed by atoms with E-state index in [9.17, 15) is 14.0 Å². The molecule has 9 heteroatoms. The second-order valence-corrected chi connectivity index (χ2v) is 7.31. The van der Waals surface area contributed by atoms with Crippen molar-refractivity contribution in [2.75, 3.05) is 10.6 Å². The number of carbonyl (C=O) groups excluding carboxylic acids is 2. The Morgan fingerprint density at radius 2 is 1.94 bits per heavy atom. The number of hydrogen-bond donors (Lipinski definition) is 3. The van der Waals surface area contributed by atoms with Crippen LogP contribution in [0.2, 0.25) is 0 Å². The lowest BCUT2D eigenvalue weighted by Crippen LogP contribution is -2.31. The number of nitrogens with one attached hydrogen (secondary N) is 3. The molecule has 0 fully saturated rings. The maximum Gasteiger partial charge on any atom is 0.319 e. The SMILES string of the molecule is Cc1ccc([C@H](C)NC(=O)Nc2cccc(F)c2)cc1NC(=O)c1cnc2cnccn12. The van der Waals surface area contributed by atoms with Crippen LogP contribution in [0.3, 0.4) is 0 Å². The van der Waals surface area contributed by atoms with Gasteiger partial charge in [0.05, 0.1) is 18.4 Å². The maximum absolute atomic E-state index is 13.3. The number of aromatic nitrogens is 3. The van der Waals surface area contributed by atoms with E-state index < -0.39 is 11.8 Å². The van der Waals surface area contributed by atoms with Crippen LogP contribution in [0.5, 0.6) is 0 Å². The molecule has 0 aliphatic carbocycles. The number of nitrogens with zero attached hydrogens (tertiary/aromatic N) is 3. The molecule has 0 aliphatic heterocycles. The van der Waals surface area contributed by atoms with Gasteiger partial charge in [-0.05, 0) is 49.2 Å². The number of aryl methyl sites for hydroxylation is 1. The Hall–Kier alpha value is -4.27. The number of imidazole rings is 1. The average Bonchev–Trinajstić information content (AvgIpc) is 3.19. The minimum Gasteiger partial charge on any atom is -0.331 e. The number of amides is 3. The highest BCUT2D eigenvalue weighted by Crippen LogP contribution is 2.22. The summed E-state index contributed by atoms with van der Waals surface area (Å²) in [6, 6.07) is 10.4. The van der Waals surface area contributed by atoms with Crippen molar-refractivity contribution in [1.82, 2.24) is 19.7 Å². The van der Waals surface area contributed by atoms with Crippen LogP contribution in [-0.2, 0) is 0 Å². The molecule has 0 radical (unpaired) electrons. The summed E-state index contributed by atoms with van der Waals surface area (Å²) in [5, 5.41) is 8.32. The Balaban J connectivity index is 1.47. The van der Waals surface area contributed by atoms with E-state index in [2.05, 4.69) is 25.9 Å². The van der Waals surface area contributed by atoms with E-state index in [1.165, 1.54) is 24.4 Å². The molecule has 0 saturated heterocycles. The molecule has 2 aromatic heterocycles. The van der Waals surface area contributed by atoms with Crippen molar-refractivity contribution >= 4 is 29.0 Å². The number of urea groups is 1. The summed E-state index contributed by atoms with van der Waals surface area (Å²) in [5.74, 6) is -0.745. The third kappa shape index (κ3) is 4.56. The van der Waals surface area contributed by atoms with Gasteiger partial charge in [0.15, 0.2) is 5.65 Å². The lowest BCUT2D eigenvalue weighted by Gasteiger charge is -2.17. The molecule has 32 heavy (non-hydrogen) atoms. The second-order valence-electron chi connectivity index (χ2n) is 7.31. The van der Waals surface area contributed by atoms with Crippen LogP contribution in [-0.4, -0.2) is 26.3 Å². The smallest absolute Gasteiger partial charge is 0.319 e. The number of rotatable bonds is 5. The van der Waals surface area contributed by atoms with Gasteiger partial charge < -0.3 is 16.0 Å². The zero-order chi connectivity index (χ0) is 22.7. The standard InChI is InChI=1S/C23H21FN6O2/c1-14-6-7-16(15(2)27-23(32)28-18-5-3-4-17(24)11-18)10-19(14)29-22(31)20-12-26-21-13-25-8-9-30(20)21/h3-13,15H,1-2H3,(H,29,31)(H2,27,28,32)/t15-/m0/s1. The lowest BCUT2D eigenvalue weighted by molar-refractivity contribution is 0.102. The number of halogens is 1. The zero-order valence-electron chi connectivity index (χ0n) is 17.5. The van der Waals surface area contributed by atoms with Gasteiger partial charge in [-0.2, -0.15) is 0 Å².